The molecule has 0 radical (unpaired) electrons. The van der Waals surface area contributed by atoms with E-state index in [2.05, 4.69) is 6.92 Å². The Labute approximate surface area is 108 Å². The number of rotatable bonds is 6. The highest BCUT2D eigenvalue weighted by molar-refractivity contribution is 5.92. The van der Waals surface area contributed by atoms with Crippen LogP contribution in [0.1, 0.15) is 38.7 Å². The molecule has 0 bridgehead atoms. The van der Waals surface area contributed by atoms with E-state index in [1.165, 1.54) is 0 Å². The van der Waals surface area contributed by atoms with Crippen LogP contribution in [0.5, 0.6) is 5.75 Å². The molecule has 3 heteroatoms. The summed E-state index contributed by atoms with van der Waals surface area (Å²) in [7, 11) is 0. The Morgan fingerprint density at radius 2 is 1.94 bits per heavy atom. The number of unbranched alkanes of at least 4 members (excludes halogenated alkanes) is 2. The summed E-state index contributed by atoms with van der Waals surface area (Å²) in [5.41, 5.74) is 1.44. The van der Waals surface area contributed by atoms with Gasteiger partial charge in [0.1, 0.15) is 5.75 Å². The van der Waals surface area contributed by atoms with Crippen molar-refractivity contribution >= 4 is 12.0 Å². The third-order valence-corrected chi connectivity index (χ3v) is 2.58. The molecule has 0 aromatic heterocycles. The molecular formula is C15H20O3. The van der Waals surface area contributed by atoms with Gasteiger partial charge in [0, 0.05) is 5.57 Å². The second-order valence-electron chi connectivity index (χ2n) is 4.26. The van der Waals surface area contributed by atoms with Gasteiger partial charge in [-0.15, -0.1) is 0 Å². The van der Waals surface area contributed by atoms with Gasteiger partial charge in [-0.05, 0) is 37.1 Å². The van der Waals surface area contributed by atoms with Crippen molar-refractivity contribution in [3.63, 3.8) is 0 Å². The lowest BCUT2D eigenvalue weighted by molar-refractivity contribution is -0.139. The quantitative estimate of drug-likeness (QED) is 0.476. The van der Waals surface area contributed by atoms with Crippen molar-refractivity contribution in [3.05, 3.63) is 35.4 Å². The zero-order valence-corrected chi connectivity index (χ0v) is 11.0. The molecule has 98 valence electrons. The highest BCUT2D eigenvalue weighted by atomic mass is 16.5. The lowest BCUT2D eigenvalue weighted by Crippen LogP contribution is -2.06. The highest BCUT2D eigenvalue weighted by Gasteiger charge is 2.05. The minimum atomic E-state index is -0.279. The van der Waals surface area contributed by atoms with Crippen LogP contribution in [0.3, 0.4) is 0 Å². The highest BCUT2D eigenvalue weighted by Crippen LogP contribution is 2.13. The molecule has 0 heterocycles. The van der Waals surface area contributed by atoms with E-state index < -0.39 is 0 Å². The lowest BCUT2D eigenvalue weighted by Gasteiger charge is -2.04. The summed E-state index contributed by atoms with van der Waals surface area (Å²) in [5, 5.41) is 9.15. The molecule has 1 N–H and O–H groups in total. The summed E-state index contributed by atoms with van der Waals surface area (Å²) in [6.07, 6.45) is 4.85. The SMILES string of the molecule is CCCCCOC(=O)/C(C)=C/c1ccc(O)cc1. The maximum Gasteiger partial charge on any atom is 0.333 e. The fourth-order valence-electron chi connectivity index (χ4n) is 1.51. The number of carbonyl (C=O) groups excluding carboxylic acids is 1. The van der Waals surface area contributed by atoms with Crippen LogP contribution in [0, 0.1) is 0 Å². The Kier molecular flexibility index (Phi) is 5.98. The summed E-state index contributed by atoms with van der Waals surface area (Å²) in [5.74, 6) is -0.0638. The van der Waals surface area contributed by atoms with Crippen LogP contribution in [0.4, 0.5) is 0 Å². The number of hydrogen-bond donors (Lipinski definition) is 1. The van der Waals surface area contributed by atoms with Crippen molar-refractivity contribution in [3.8, 4) is 5.75 Å². The molecule has 1 aromatic carbocycles. The van der Waals surface area contributed by atoms with Crippen LogP contribution in [-0.4, -0.2) is 17.7 Å². The number of phenols is 1. The smallest absolute Gasteiger partial charge is 0.333 e. The average molecular weight is 248 g/mol. The van der Waals surface area contributed by atoms with Crippen LogP contribution in [0.2, 0.25) is 0 Å². The third kappa shape index (κ3) is 5.04. The molecule has 0 amide bonds. The second kappa shape index (κ2) is 7.54. The van der Waals surface area contributed by atoms with Crippen LogP contribution < -0.4 is 0 Å². The molecule has 0 aliphatic rings. The summed E-state index contributed by atoms with van der Waals surface area (Å²) in [4.78, 5) is 11.6. The van der Waals surface area contributed by atoms with E-state index in [-0.39, 0.29) is 11.7 Å². The standard InChI is InChI=1S/C15H20O3/c1-3-4-5-10-18-15(17)12(2)11-13-6-8-14(16)9-7-13/h6-9,11,16H,3-5,10H2,1-2H3/b12-11+. The fourth-order valence-corrected chi connectivity index (χ4v) is 1.51. The summed E-state index contributed by atoms with van der Waals surface area (Å²) in [6.45, 7) is 4.32. The Bertz CT molecular complexity index is 404. The van der Waals surface area contributed by atoms with Crippen LogP contribution in [-0.2, 0) is 9.53 Å². The van der Waals surface area contributed by atoms with E-state index >= 15 is 0 Å². The molecule has 0 aliphatic carbocycles. The van der Waals surface area contributed by atoms with E-state index in [0.717, 1.165) is 24.8 Å². The van der Waals surface area contributed by atoms with Gasteiger partial charge in [-0.25, -0.2) is 4.79 Å². The third-order valence-electron chi connectivity index (χ3n) is 2.58. The molecule has 1 aromatic rings. The predicted molar refractivity (Wildman–Crippen MR) is 72.2 cm³/mol. The molecule has 3 nitrogen and oxygen atoms in total. The summed E-state index contributed by atoms with van der Waals surface area (Å²) >= 11 is 0. The minimum absolute atomic E-state index is 0.215. The van der Waals surface area contributed by atoms with E-state index in [1.54, 1.807) is 37.3 Å². The zero-order chi connectivity index (χ0) is 13.4. The average Bonchev–Trinajstić information content (AvgIpc) is 2.37. The van der Waals surface area contributed by atoms with Gasteiger partial charge in [-0.2, -0.15) is 0 Å². The minimum Gasteiger partial charge on any atom is -0.508 e. The van der Waals surface area contributed by atoms with E-state index in [0.29, 0.717) is 12.2 Å². The van der Waals surface area contributed by atoms with Crippen molar-refractivity contribution in [1.29, 1.82) is 0 Å². The molecule has 0 unspecified atom stereocenters. The molecule has 18 heavy (non-hydrogen) atoms. The first kappa shape index (κ1) is 14.3. The molecular weight excluding hydrogens is 228 g/mol. The van der Waals surface area contributed by atoms with Crippen LogP contribution in [0.25, 0.3) is 6.08 Å². The van der Waals surface area contributed by atoms with Crippen molar-refractivity contribution in [2.75, 3.05) is 6.61 Å². The lowest BCUT2D eigenvalue weighted by atomic mass is 10.1. The first-order valence-corrected chi connectivity index (χ1v) is 6.28. The maximum atomic E-state index is 11.6. The summed E-state index contributed by atoms with van der Waals surface area (Å²) < 4.78 is 5.15. The van der Waals surface area contributed by atoms with Crippen molar-refractivity contribution in [1.82, 2.24) is 0 Å². The van der Waals surface area contributed by atoms with Crippen molar-refractivity contribution in [2.45, 2.75) is 33.1 Å². The van der Waals surface area contributed by atoms with E-state index in [9.17, 15) is 4.79 Å². The molecule has 0 saturated carbocycles. The van der Waals surface area contributed by atoms with Gasteiger partial charge in [0.05, 0.1) is 6.61 Å². The molecule has 0 aliphatic heterocycles. The Balaban J connectivity index is 2.49. The van der Waals surface area contributed by atoms with Gasteiger partial charge in [-0.1, -0.05) is 31.9 Å². The number of esters is 1. The van der Waals surface area contributed by atoms with Crippen LogP contribution >= 0.6 is 0 Å². The van der Waals surface area contributed by atoms with Gasteiger partial charge >= 0.3 is 5.97 Å². The maximum absolute atomic E-state index is 11.6. The van der Waals surface area contributed by atoms with Crippen molar-refractivity contribution in [2.24, 2.45) is 0 Å². The zero-order valence-electron chi connectivity index (χ0n) is 11.0. The normalized spacial score (nSPS) is 11.3. The molecule has 1 rings (SSSR count). The van der Waals surface area contributed by atoms with E-state index in [1.807, 2.05) is 0 Å². The topological polar surface area (TPSA) is 46.5 Å². The summed E-state index contributed by atoms with van der Waals surface area (Å²) in [6, 6.07) is 6.68. The second-order valence-corrected chi connectivity index (χ2v) is 4.26. The monoisotopic (exact) mass is 248 g/mol. The molecule has 0 saturated heterocycles. The molecule has 0 spiro atoms. The van der Waals surface area contributed by atoms with E-state index in [4.69, 9.17) is 9.84 Å². The Morgan fingerprint density at radius 3 is 2.56 bits per heavy atom. The molecule has 0 fully saturated rings. The van der Waals surface area contributed by atoms with Gasteiger partial charge in [0.15, 0.2) is 0 Å². The molecule has 0 atom stereocenters. The van der Waals surface area contributed by atoms with Gasteiger partial charge in [0.25, 0.3) is 0 Å². The first-order valence-electron chi connectivity index (χ1n) is 6.28. The number of carbonyl (C=O) groups is 1. The number of benzene rings is 1. The number of phenolic OH excluding ortho intramolecular Hbond substituents is 1. The Morgan fingerprint density at radius 1 is 1.28 bits per heavy atom. The van der Waals surface area contributed by atoms with Gasteiger partial charge < -0.3 is 9.84 Å². The fraction of sp³-hybridized carbons (Fsp3) is 0.400. The Hall–Kier alpha value is -1.77. The van der Waals surface area contributed by atoms with Gasteiger partial charge in [0.2, 0.25) is 0 Å². The number of ether oxygens (including phenoxy) is 1. The van der Waals surface area contributed by atoms with Crippen molar-refractivity contribution < 1.29 is 14.6 Å². The van der Waals surface area contributed by atoms with Crippen LogP contribution in [0.15, 0.2) is 29.8 Å². The first-order chi connectivity index (χ1) is 8.63. The number of hydrogen-bond acceptors (Lipinski definition) is 3. The largest absolute Gasteiger partial charge is 0.508 e. The predicted octanol–water partition coefficient (Wildman–Crippen LogP) is 3.53. The van der Waals surface area contributed by atoms with Gasteiger partial charge in [-0.3, -0.25) is 0 Å². The number of aromatic hydroxyl groups is 1.